The third kappa shape index (κ3) is 3.84. The lowest BCUT2D eigenvalue weighted by Gasteiger charge is -2.08. The largest absolute Gasteiger partial charge is 0.352 e. The fourth-order valence-corrected chi connectivity index (χ4v) is 3.29. The van der Waals surface area contributed by atoms with Gasteiger partial charge in [-0.1, -0.05) is 24.4 Å². The first kappa shape index (κ1) is 15.5. The van der Waals surface area contributed by atoms with Crippen LogP contribution >= 0.6 is 22.3 Å². The summed E-state index contributed by atoms with van der Waals surface area (Å²) in [7, 11) is 1.04. The molecule has 0 aliphatic heterocycles. The second-order valence-corrected chi connectivity index (χ2v) is 7.63. The fraction of sp³-hybridized carbons (Fsp3) is 0.417. The van der Waals surface area contributed by atoms with Crippen molar-refractivity contribution in [3.05, 3.63) is 28.5 Å². The molecule has 0 heterocycles. The van der Waals surface area contributed by atoms with Crippen LogP contribution in [0.2, 0.25) is 5.02 Å². The Morgan fingerprint density at radius 1 is 1.40 bits per heavy atom. The molecule has 0 saturated heterocycles. The lowest BCUT2D eigenvalue weighted by molar-refractivity contribution is 0.0948. The Morgan fingerprint density at radius 3 is 2.60 bits per heavy atom. The topological polar surface area (TPSA) is 63.2 Å². The van der Waals surface area contributed by atoms with Crippen molar-refractivity contribution in [2.45, 2.75) is 24.2 Å². The van der Waals surface area contributed by atoms with Gasteiger partial charge in [0.25, 0.3) is 15.0 Å². The first-order valence-corrected chi connectivity index (χ1v) is 8.69. The van der Waals surface area contributed by atoms with Gasteiger partial charge in [0.15, 0.2) is 0 Å². The molecule has 0 unspecified atom stereocenters. The van der Waals surface area contributed by atoms with E-state index in [2.05, 4.69) is 5.32 Å². The van der Waals surface area contributed by atoms with E-state index in [1.54, 1.807) is 0 Å². The Labute approximate surface area is 125 Å². The summed E-state index contributed by atoms with van der Waals surface area (Å²) in [5.41, 5.74) is -0.385. The summed E-state index contributed by atoms with van der Waals surface area (Å²) >= 11 is 5.61. The van der Waals surface area contributed by atoms with Gasteiger partial charge in [-0.2, -0.15) is 0 Å². The van der Waals surface area contributed by atoms with Crippen molar-refractivity contribution in [3.63, 3.8) is 0 Å². The van der Waals surface area contributed by atoms with E-state index in [1.165, 1.54) is 0 Å². The predicted molar refractivity (Wildman–Crippen MR) is 74.1 cm³/mol. The normalized spacial score (nSPS) is 15.2. The molecule has 8 heteroatoms. The maximum absolute atomic E-state index is 13.7. The highest BCUT2D eigenvalue weighted by Crippen LogP contribution is 2.32. The molecule has 1 aromatic carbocycles. The smallest absolute Gasteiger partial charge is 0.262 e. The molecule has 4 nitrogen and oxygen atoms in total. The predicted octanol–water partition coefficient (Wildman–Crippen LogP) is 2.94. The van der Waals surface area contributed by atoms with Gasteiger partial charge < -0.3 is 5.32 Å². The summed E-state index contributed by atoms with van der Waals surface area (Å²) in [6, 6.07) is 1.62. The van der Waals surface area contributed by atoms with E-state index in [4.69, 9.17) is 22.3 Å². The van der Waals surface area contributed by atoms with Gasteiger partial charge in [0.1, 0.15) is 10.7 Å². The fourth-order valence-electron chi connectivity index (χ4n) is 1.78. The summed E-state index contributed by atoms with van der Waals surface area (Å²) in [6.45, 7) is 0.425. The van der Waals surface area contributed by atoms with Crippen LogP contribution in [0.4, 0.5) is 4.39 Å². The third-order valence-corrected chi connectivity index (χ3v) is 4.85. The van der Waals surface area contributed by atoms with Crippen molar-refractivity contribution in [1.82, 2.24) is 5.32 Å². The van der Waals surface area contributed by atoms with Gasteiger partial charge in [-0.25, -0.2) is 12.8 Å². The molecule has 20 heavy (non-hydrogen) atoms. The van der Waals surface area contributed by atoms with Crippen LogP contribution in [0.15, 0.2) is 17.0 Å². The highest BCUT2D eigenvalue weighted by atomic mass is 35.7. The number of carbonyl (C=O) groups is 1. The van der Waals surface area contributed by atoms with Gasteiger partial charge in [-0.05, 0) is 24.5 Å². The number of halogens is 3. The molecule has 0 radical (unpaired) electrons. The molecule has 1 saturated carbocycles. The molecule has 0 aromatic heterocycles. The number of carbonyl (C=O) groups excluding carboxylic acids is 1. The minimum absolute atomic E-state index is 0.355. The molecule has 1 aromatic rings. The Hall–Kier alpha value is -0.850. The van der Waals surface area contributed by atoms with Crippen molar-refractivity contribution < 1.29 is 17.6 Å². The zero-order valence-electron chi connectivity index (χ0n) is 10.3. The van der Waals surface area contributed by atoms with E-state index in [9.17, 15) is 17.6 Å². The van der Waals surface area contributed by atoms with E-state index in [0.29, 0.717) is 12.5 Å². The Morgan fingerprint density at radius 2 is 2.05 bits per heavy atom. The van der Waals surface area contributed by atoms with Crippen molar-refractivity contribution in [2.75, 3.05) is 6.54 Å². The van der Waals surface area contributed by atoms with Crippen LogP contribution < -0.4 is 5.32 Å². The number of nitrogens with one attached hydrogen (secondary N) is 1. The Bertz CT molecular complexity index is 644. The van der Waals surface area contributed by atoms with Crippen LogP contribution in [0.25, 0.3) is 0 Å². The second-order valence-electron chi connectivity index (χ2n) is 4.69. The molecule has 110 valence electrons. The van der Waals surface area contributed by atoms with Crippen LogP contribution in [0.5, 0.6) is 0 Å². The molecular formula is C12H12Cl2FNO3S. The minimum Gasteiger partial charge on any atom is -0.352 e. The van der Waals surface area contributed by atoms with Crippen molar-refractivity contribution >= 4 is 37.2 Å². The monoisotopic (exact) mass is 339 g/mol. The third-order valence-electron chi connectivity index (χ3n) is 3.06. The molecule has 0 bridgehead atoms. The van der Waals surface area contributed by atoms with E-state index in [-0.39, 0.29) is 10.6 Å². The molecule has 0 spiro atoms. The minimum atomic E-state index is -4.14. The van der Waals surface area contributed by atoms with Crippen LogP contribution in [0, 0.1) is 11.7 Å². The summed E-state index contributed by atoms with van der Waals surface area (Å²) in [4.78, 5) is 11.3. The van der Waals surface area contributed by atoms with Gasteiger partial charge in [0.2, 0.25) is 0 Å². The maximum atomic E-state index is 13.7. The standard InChI is InChI=1S/C12H12Cl2FNO3S/c13-9-6-10(15)8(5-11(9)20(14,18)19)12(17)16-4-3-7-1-2-7/h5-7H,1-4H2,(H,16,17). The molecule has 1 aliphatic carbocycles. The SMILES string of the molecule is O=C(NCCC1CC1)c1cc(S(=O)(=O)Cl)c(Cl)cc1F. The lowest BCUT2D eigenvalue weighted by atomic mass is 10.2. The lowest BCUT2D eigenvalue weighted by Crippen LogP contribution is -2.26. The highest BCUT2D eigenvalue weighted by molar-refractivity contribution is 8.13. The van der Waals surface area contributed by atoms with E-state index >= 15 is 0 Å². The first-order valence-electron chi connectivity index (χ1n) is 6.01. The van der Waals surface area contributed by atoms with E-state index in [1.807, 2.05) is 0 Å². The molecular weight excluding hydrogens is 328 g/mol. The molecule has 1 amide bonds. The molecule has 1 aliphatic rings. The highest BCUT2D eigenvalue weighted by Gasteiger charge is 2.23. The van der Waals surface area contributed by atoms with Crippen molar-refractivity contribution in [2.24, 2.45) is 5.92 Å². The Balaban J connectivity index is 2.19. The van der Waals surface area contributed by atoms with Gasteiger partial charge in [-0.15, -0.1) is 0 Å². The molecule has 1 N–H and O–H groups in total. The van der Waals surface area contributed by atoms with Crippen molar-refractivity contribution in [1.29, 1.82) is 0 Å². The molecule has 1 fully saturated rings. The number of rotatable bonds is 5. The van der Waals surface area contributed by atoms with Gasteiger partial charge in [-0.3, -0.25) is 4.79 Å². The summed E-state index contributed by atoms with van der Waals surface area (Å²) < 4.78 is 36.2. The average Bonchev–Trinajstić information content (AvgIpc) is 3.11. The number of hydrogen-bond donors (Lipinski definition) is 1. The number of benzene rings is 1. The molecule has 2 rings (SSSR count). The van der Waals surface area contributed by atoms with Crippen LogP contribution in [0.3, 0.4) is 0 Å². The number of hydrogen-bond acceptors (Lipinski definition) is 3. The van der Waals surface area contributed by atoms with Gasteiger partial charge >= 0.3 is 0 Å². The molecule has 0 atom stereocenters. The maximum Gasteiger partial charge on any atom is 0.262 e. The average molecular weight is 340 g/mol. The quantitative estimate of drug-likeness (QED) is 0.839. The van der Waals surface area contributed by atoms with Crippen LogP contribution in [-0.4, -0.2) is 20.9 Å². The first-order chi connectivity index (χ1) is 9.29. The Kier molecular flexibility index (Phi) is 4.56. The van der Waals surface area contributed by atoms with Crippen molar-refractivity contribution in [3.8, 4) is 0 Å². The zero-order chi connectivity index (χ0) is 14.9. The summed E-state index contributed by atoms with van der Waals surface area (Å²) in [5, 5.41) is 2.19. The van der Waals surface area contributed by atoms with Gasteiger partial charge in [0.05, 0.1) is 10.6 Å². The van der Waals surface area contributed by atoms with Gasteiger partial charge in [0, 0.05) is 17.2 Å². The van der Waals surface area contributed by atoms with Crippen LogP contribution in [0.1, 0.15) is 29.6 Å². The van der Waals surface area contributed by atoms with E-state index < -0.39 is 25.7 Å². The summed E-state index contributed by atoms with van der Waals surface area (Å²) in [6.07, 6.45) is 3.14. The number of amides is 1. The second kappa shape index (κ2) is 5.87. The zero-order valence-corrected chi connectivity index (χ0v) is 12.7. The van der Waals surface area contributed by atoms with E-state index in [0.717, 1.165) is 31.4 Å². The summed E-state index contributed by atoms with van der Waals surface area (Å²) in [5.74, 6) is -0.937. The van der Waals surface area contributed by atoms with Crippen LogP contribution in [-0.2, 0) is 9.05 Å².